The van der Waals surface area contributed by atoms with Crippen LogP contribution >= 0.6 is 0 Å². The Hall–Kier alpha value is -3.33. The first kappa shape index (κ1) is 21.4. The van der Waals surface area contributed by atoms with E-state index in [0.29, 0.717) is 13.0 Å². The SMILES string of the molecule is CCCCC(=O)/C(=C(/NCc1ccccc1)c1ccc(OC)cc1)c1ccccc1. The molecule has 3 heteroatoms. The molecule has 0 radical (unpaired) electrons. The number of ketones is 1. The van der Waals surface area contributed by atoms with E-state index < -0.39 is 0 Å². The Morgan fingerprint density at radius 1 is 0.833 bits per heavy atom. The highest BCUT2D eigenvalue weighted by Crippen LogP contribution is 2.28. The number of ether oxygens (including phenoxy) is 1. The van der Waals surface area contributed by atoms with Gasteiger partial charge in [0.1, 0.15) is 5.75 Å². The van der Waals surface area contributed by atoms with Crippen LogP contribution in [0.4, 0.5) is 0 Å². The lowest BCUT2D eigenvalue weighted by Crippen LogP contribution is -2.17. The van der Waals surface area contributed by atoms with E-state index in [2.05, 4.69) is 24.4 Å². The van der Waals surface area contributed by atoms with Gasteiger partial charge in [-0.3, -0.25) is 4.79 Å². The Morgan fingerprint density at radius 3 is 2.07 bits per heavy atom. The summed E-state index contributed by atoms with van der Waals surface area (Å²) >= 11 is 0. The molecule has 3 aromatic carbocycles. The Kier molecular flexibility index (Phi) is 7.85. The number of methoxy groups -OCH3 is 1. The average molecular weight is 400 g/mol. The lowest BCUT2D eigenvalue weighted by molar-refractivity contribution is -0.113. The van der Waals surface area contributed by atoms with E-state index in [1.54, 1.807) is 7.11 Å². The fourth-order valence-electron chi connectivity index (χ4n) is 3.39. The topological polar surface area (TPSA) is 38.3 Å². The van der Waals surface area contributed by atoms with Crippen molar-refractivity contribution in [1.82, 2.24) is 5.32 Å². The van der Waals surface area contributed by atoms with Gasteiger partial charge in [-0.1, -0.05) is 74.0 Å². The molecule has 0 unspecified atom stereocenters. The van der Waals surface area contributed by atoms with Crippen LogP contribution in [-0.4, -0.2) is 12.9 Å². The molecular formula is C27H29NO2. The van der Waals surface area contributed by atoms with Crippen LogP contribution in [0.15, 0.2) is 84.9 Å². The van der Waals surface area contributed by atoms with E-state index in [4.69, 9.17) is 4.74 Å². The van der Waals surface area contributed by atoms with Crippen LogP contribution < -0.4 is 10.1 Å². The fourth-order valence-corrected chi connectivity index (χ4v) is 3.39. The lowest BCUT2D eigenvalue weighted by atomic mass is 9.93. The van der Waals surface area contributed by atoms with Crippen LogP contribution in [0, 0.1) is 0 Å². The Labute approximate surface area is 179 Å². The minimum Gasteiger partial charge on any atom is -0.497 e. The van der Waals surface area contributed by atoms with Crippen LogP contribution in [0.1, 0.15) is 42.9 Å². The summed E-state index contributed by atoms with van der Waals surface area (Å²) in [7, 11) is 1.66. The fraction of sp³-hybridized carbons (Fsp3) is 0.222. The zero-order valence-electron chi connectivity index (χ0n) is 17.7. The molecule has 1 N–H and O–H groups in total. The van der Waals surface area contributed by atoms with E-state index in [-0.39, 0.29) is 5.78 Å². The molecule has 0 heterocycles. The van der Waals surface area contributed by atoms with E-state index >= 15 is 0 Å². The van der Waals surface area contributed by atoms with Crippen molar-refractivity contribution in [2.24, 2.45) is 0 Å². The van der Waals surface area contributed by atoms with Crippen molar-refractivity contribution >= 4 is 17.1 Å². The molecular weight excluding hydrogens is 370 g/mol. The Balaban J connectivity index is 2.09. The van der Waals surface area contributed by atoms with Gasteiger partial charge in [0.25, 0.3) is 0 Å². The molecule has 0 fully saturated rings. The predicted molar refractivity (Wildman–Crippen MR) is 124 cm³/mol. The maximum atomic E-state index is 13.3. The predicted octanol–water partition coefficient (Wildman–Crippen LogP) is 6.11. The molecule has 0 amide bonds. The highest BCUT2D eigenvalue weighted by atomic mass is 16.5. The minimum atomic E-state index is 0.162. The first-order valence-corrected chi connectivity index (χ1v) is 10.5. The number of hydrogen-bond acceptors (Lipinski definition) is 3. The average Bonchev–Trinajstić information content (AvgIpc) is 2.81. The van der Waals surface area contributed by atoms with Crippen molar-refractivity contribution in [3.8, 4) is 5.75 Å². The van der Waals surface area contributed by atoms with Gasteiger partial charge in [0.2, 0.25) is 0 Å². The van der Waals surface area contributed by atoms with Gasteiger partial charge >= 0.3 is 0 Å². The summed E-state index contributed by atoms with van der Waals surface area (Å²) in [5.74, 6) is 0.953. The van der Waals surface area contributed by atoms with Gasteiger partial charge in [-0.25, -0.2) is 0 Å². The number of hydrogen-bond donors (Lipinski definition) is 1. The van der Waals surface area contributed by atoms with Gasteiger partial charge in [-0.05, 0) is 47.4 Å². The third kappa shape index (κ3) is 5.60. The quantitative estimate of drug-likeness (QED) is 0.330. The van der Waals surface area contributed by atoms with Gasteiger partial charge in [0.15, 0.2) is 5.78 Å². The number of carbonyl (C=O) groups is 1. The highest BCUT2D eigenvalue weighted by Gasteiger charge is 2.19. The number of allylic oxidation sites excluding steroid dienone is 1. The molecule has 3 nitrogen and oxygen atoms in total. The first-order chi connectivity index (χ1) is 14.7. The zero-order chi connectivity index (χ0) is 21.2. The molecule has 0 saturated carbocycles. The number of nitrogens with one attached hydrogen (secondary N) is 1. The van der Waals surface area contributed by atoms with Gasteiger partial charge in [-0.15, -0.1) is 0 Å². The van der Waals surface area contributed by atoms with Crippen molar-refractivity contribution in [1.29, 1.82) is 0 Å². The molecule has 0 aromatic heterocycles. The number of Topliss-reactive ketones (excluding diaryl/α,β-unsaturated/α-hetero) is 1. The molecule has 154 valence electrons. The number of benzene rings is 3. The summed E-state index contributed by atoms with van der Waals surface area (Å²) in [5, 5.41) is 3.56. The van der Waals surface area contributed by atoms with Crippen LogP contribution in [0.3, 0.4) is 0 Å². The van der Waals surface area contributed by atoms with Crippen LogP contribution in [0.5, 0.6) is 5.75 Å². The summed E-state index contributed by atoms with van der Waals surface area (Å²) in [5.41, 5.74) is 4.66. The smallest absolute Gasteiger partial charge is 0.165 e. The molecule has 0 aliphatic rings. The van der Waals surface area contributed by atoms with Crippen LogP contribution in [0.25, 0.3) is 11.3 Å². The molecule has 3 aromatic rings. The molecule has 3 rings (SSSR count). The molecule has 0 aliphatic heterocycles. The Morgan fingerprint density at radius 2 is 1.47 bits per heavy atom. The second kappa shape index (κ2) is 11.0. The largest absolute Gasteiger partial charge is 0.497 e. The highest BCUT2D eigenvalue weighted by molar-refractivity contribution is 6.27. The summed E-state index contributed by atoms with van der Waals surface area (Å²) in [6, 6.07) is 28.0. The van der Waals surface area contributed by atoms with Gasteiger partial charge in [0.05, 0.1) is 12.8 Å². The van der Waals surface area contributed by atoms with Crippen molar-refractivity contribution in [2.75, 3.05) is 7.11 Å². The molecule has 30 heavy (non-hydrogen) atoms. The molecule has 0 bridgehead atoms. The third-order valence-corrected chi connectivity index (χ3v) is 5.04. The maximum Gasteiger partial charge on any atom is 0.165 e. The normalized spacial score (nSPS) is 11.5. The number of carbonyl (C=O) groups excluding carboxylic acids is 1. The Bertz CT molecular complexity index is 961. The summed E-state index contributed by atoms with van der Waals surface area (Å²) in [6.45, 7) is 2.75. The first-order valence-electron chi connectivity index (χ1n) is 10.5. The standard InChI is InChI=1S/C27H29NO2/c1-3-4-15-25(29)26(22-13-9-6-10-14-22)27(23-16-18-24(30-2)19-17-23)28-20-21-11-7-5-8-12-21/h5-14,16-19,28H,3-4,15,20H2,1-2H3/b27-26+. The van der Waals surface area contributed by atoms with Crippen molar-refractivity contribution in [3.05, 3.63) is 102 Å². The van der Waals surface area contributed by atoms with Crippen LogP contribution in [0.2, 0.25) is 0 Å². The molecule has 0 saturated heterocycles. The van der Waals surface area contributed by atoms with E-state index in [1.165, 1.54) is 0 Å². The number of unbranched alkanes of at least 4 members (excludes halogenated alkanes) is 1. The summed E-state index contributed by atoms with van der Waals surface area (Å²) in [4.78, 5) is 13.3. The molecule has 0 aliphatic carbocycles. The number of rotatable bonds is 10. The van der Waals surface area contributed by atoms with Crippen LogP contribution in [-0.2, 0) is 11.3 Å². The van der Waals surface area contributed by atoms with Crippen molar-refractivity contribution in [3.63, 3.8) is 0 Å². The minimum absolute atomic E-state index is 0.162. The van der Waals surface area contributed by atoms with E-state index in [1.807, 2.05) is 72.8 Å². The third-order valence-electron chi connectivity index (χ3n) is 5.04. The second-order valence-electron chi connectivity index (χ2n) is 7.21. The second-order valence-corrected chi connectivity index (χ2v) is 7.21. The van der Waals surface area contributed by atoms with Gasteiger partial charge < -0.3 is 10.1 Å². The van der Waals surface area contributed by atoms with Gasteiger partial charge in [-0.2, -0.15) is 0 Å². The molecule has 0 atom stereocenters. The molecule has 0 spiro atoms. The summed E-state index contributed by atoms with van der Waals surface area (Å²) in [6.07, 6.45) is 2.40. The lowest BCUT2D eigenvalue weighted by Gasteiger charge is -2.18. The van der Waals surface area contributed by atoms with Crippen molar-refractivity contribution < 1.29 is 9.53 Å². The van der Waals surface area contributed by atoms with Crippen molar-refractivity contribution in [2.45, 2.75) is 32.7 Å². The van der Waals surface area contributed by atoms with E-state index in [0.717, 1.165) is 46.6 Å². The zero-order valence-corrected chi connectivity index (χ0v) is 17.7. The maximum absolute atomic E-state index is 13.3. The van der Waals surface area contributed by atoms with E-state index in [9.17, 15) is 4.79 Å². The van der Waals surface area contributed by atoms with Gasteiger partial charge in [0, 0.05) is 18.5 Å². The monoisotopic (exact) mass is 399 g/mol. The summed E-state index contributed by atoms with van der Waals surface area (Å²) < 4.78 is 5.32.